The number of amides is 1. The molecule has 1 unspecified atom stereocenters. The number of hydrogen-bond donors (Lipinski definition) is 1. The number of nitrogens with zero attached hydrogens (tertiary/aromatic N) is 1. The molecule has 0 radical (unpaired) electrons. The number of benzene rings is 1. The Labute approximate surface area is 157 Å². The lowest BCUT2D eigenvalue weighted by molar-refractivity contribution is -0.135. The van der Waals surface area contributed by atoms with E-state index in [4.69, 9.17) is 11.6 Å². The second kappa shape index (κ2) is 10.3. The molecule has 0 spiro atoms. The zero-order valence-electron chi connectivity index (χ0n) is 14.9. The van der Waals surface area contributed by atoms with Gasteiger partial charge in [-0.1, -0.05) is 44.5 Å². The van der Waals surface area contributed by atoms with Gasteiger partial charge in [-0.2, -0.15) is 0 Å². The molecule has 0 aliphatic carbocycles. The summed E-state index contributed by atoms with van der Waals surface area (Å²) in [4.78, 5) is 15.1. The molecular formula is C19H30Cl2N2O. The fraction of sp³-hybridized carbons (Fsp3) is 0.632. The standard InChI is InChI=1S/C19H29ClN2O.ClH/c1-4-21-13-15-8-10-22(11-9-15)19(23)18(14(2)3)16-6-5-7-17(20)12-16;/h5-7,12,14-15,18,21H,4,8-11,13H2,1-3H3;1H. The van der Waals surface area contributed by atoms with Crippen molar-refractivity contribution in [2.75, 3.05) is 26.2 Å². The fourth-order valence-corrected chi connectivity index (χ4v) is 3.61. The molecule has 0 saturated carbocycles. The third kappa shape index (κ3) is 5.65. The van der Waals surface area contributed by atoms with E-state index in [1.807, 2.05) is 29.2 Å². The molecule has 5 heteroatoms. The first-order valence-corrected chi connectivity index (χ1v) is 9.15. The maximum atomic E-state index is 13.0. The van der Waals surface area contributed by atoms with Crippen molar-refractivity contribution in [3.05, 3.63) is 34.9 Å². The van der Waals surface area contributed by atoms with Gasteiger partial charge in [-0.15, -0.1) is 12.4 Å². The molecule has 0 bridgehead atoms. The van der Waals surface area contributed by atoms with Crippen LogP contribution in [0.5, 0.6) is 0 Å². The Balaban J connectivity index is 0.00000288. The van der Waals surface area contributed by atoms with Crippen LogP contribution in [0, 0.1) is 11.8 Å². The van der Waals surface area contributed by atoms with Crippen LogP contribution < -0.4 is 5.32 Å². The van der Waals surface area contributed by atoms with E-state index in [0.29, 0.717) is 10.9 Å². The second-order valence-corrected chi connectivity index (χ2v) is 7.29. The van der Waals surface area contributed by atoms with Gasteiger partial charge in [-0.3, -0.25) is 4.79 Å². The number of carbonyl (C=O) groups is 1. The highest BCUT2D eigenvalue weighted by molar-refractivity contribution is 6.30. The zero-order chi connectivity index (χ0) is 16.8. The van der Waals surface area contributed by atoms with Crippen molar-refractivity contribution in [1.29, 1.82) is 0 Å². The van der Waals surface area contributed by atoms with Gasteiger partial charge in [0.25, 0.3) is 0 Å². The van der Waals surface area contributed by atoms with Crippen molar-refractivity contribution < 1.29 is 4.79 Å². The van der Waals surface area contributed by atoms with Crippen LogP contribution in [0.2, 0.25) is 5.02 Å². The molecule has 3 nitrogen and oxygen atoms in total. The average Bonchev–Trinajstić information content (AvgIpc) is 2.53. The number of hydrogen-bond acceptors (Lipinski definition) is 2. The predicted octanol–water partition coefficient (Wildman–Crippen LogP) is 4.35. The van der Waals surface area contributed by atoms with Crippen molar-refractivity contribution in [3.8, 4) is 0 Å². The third-order valence-corrected chi connectivity index (χ3v) is 4.98. The summed E-state index contributed by atoms with van der Waals surface area (Å²) in [5.41, 5.74) is 1.03. The van der Waals surface area contributed by atoms with Crippen molar-refractivity contribution in [2.45, 2.75) is 39.5 Å². The van der Waals surface area contributed by atoms with E-state index in [-0.39, 0.29) is 30.2 Å². The molecule has 1 N–H and O–H groups in total. The van der Waals surface area contributed by atoms with E-state index >= 15 is 0 Å². The van der Waals surface area contributed by atoms with E-state index in [1.54, 1.807) is 0 Å². The van der Waals surface area contributed by atoms with Crippen LogP contribution in [-0.4, -0.2) is 37.0 Å². The Morgan fingerprint density at radius 3 is 2.54 bits per heavy atom. The molecule has 0 aromatic heterocycles. The van der Waals surface area contributed by atoms with Crippen molar-refractivity contribution in [2.24, 2.45) is 11.8 Å². The summed E-state index contributed by atoms with van der Waals surface area (Å²) in [6, 6.07) is 7.75. The Morgan fingerprint density at radius 2 is 2.00 bits per heavy atom. The van der Waals surface area contributed by atoms with Gasteiger partial charge in [0.15, 0.2) is 0 Å². The van der Waals surface area contributed by atoms with E-state index in [0.717, 1.165) is 44.6 Å². The molecule has 1 aliphatic rings. The summed E-state index contributed by atoms with van der Waals surface area (Å²) < 4.78 is 0. The maximum Gasteiger partial charge on any atom is 0.230 e. The summed E-state index contributed by atoms with van der Waals surface area (Å²) in [7, 11) is 0. The minimum Gasteiger partial charge on any atom is -0.342 e. The Kier molecular flexibility index (Phi) is 9.11. The van der Waals surface area contributed by atoms with E-state index in [2.05, 4.69) is 26.1 Å². The lowest BCUT2D eigenvalue weighted by Gasteiger charge is -2.35. The monoisotopic (exact) mass is 372 g/mol. The van der Waals surface area contributed by atoms with Crippen LogP contribution in [-0.2, 0) is 4.79 Å². The number of carbonyl (C=O) groups excluding carboxylic acids is 1. The van der Waals surface area contributed by atoms with Gasteiger partial charge in [0.2, 0.25) is 5.91 Å². The summed E-state index contributed by atoms with van der Waals surface area (Å²) in [5.74, 6) is 1.12. The molecule has 1 aromatic rings. The Hall–Kier alpha value is -0.770. The summed E-state index contributed by atoms with van der Waals surface area (Å²) >= 11 is 6.12. The smallest absolute Gasteiger partial charge is 0.230 e. The lowest BCUT2D eigenvalue weighted by atomic mass is 9.86. The van der Waals surface area contributed by atoms with Crippen LogP contribution in [0.1, 0.15) is 45.1 Å². The topological polar surface area (TPSA) is 32.3 Å². The molecular weight excluding hydrogens is 343 g/mol. The molecule has 2 rings (SSSR count). The zero-order valence-corrected chi connectivity index (χ0v) is 16.5. The summed E-state index contributed by atoms with van der Waals surface area (Å²) in [5, 5.41) is 4.12. The van der Waals surface area contributed by atoms with Crippen molar-refractivity contribution in [3.63, 3.8) is 0 Å². The predicted molar refractivity (Wildman–Crippen MR) is 104 cm³/mol. The van der Waals surface area contributed by atoms with Gasteiger partial charge >= 0.3 is 0 Å². The molecule has 1 aliphatic heterocycles. The largest absolute Gasteiger partial charge is 0.342 e. The maximum absolute atomic E-state index is 13.0. The van der Waals surface area contributed by atoms with E-state index < -0.39 is 0 Å². The number of rotatable bonds is 6. The van der Waals surface area contributed by atoms with Gasteiger partial charge in [0, 0.05) is 18.1 Å². The molecule has 24 heavy (non-hydrogen) atoms. The van der Waals surface area contributed by atoms with Gasteiger partial charge in [-0.05, 0) is 55.5 Å². The van der Waals surface area contributed by atoms with E-state index in [1.165, 1.54) is 0 Å². The van der Waals surface area contributed by atoms with Crippen LogP contribution in [0.25, 0.3) is 0 Å². The Morgan fingerprint density at radius 1 is 1.33 bits per heavy atom. The molecule has 1 heterocycles. The molecule has 1 fully saturated rings. The van der Waals surface area contributed by atoms with Crippen molar-refractivity contribution in [1.82, 2.24) is 10.2 Å². The van der Waals surface area contributed by atoms with Gasteiger partial charge in [0.05, 0.1) is 5.92 Å². The molecule has 1 amide bonds. The van der Waals surface area contributed by atoms with E-state index in [9.17, 15) is 4.79 Å². The van der Waals surface area contributed by atoms with Crippen LogP contribution in [0.15, 0.2) is 24.3 Å². The summed E-state index contributed by atoms with van der Waals surface area (Å²) in [6.07, 6.45) is 2.19. The van der Waals surface area contributed by atoms with Crippen LogP contribution in [0.4, 0.5) is 0 Å². The quantitative estimate of drug-likeness (QED) is 0.804. The minimum absolute atomic E-state index is 0. The normalized spacial score (nSPS) is 16.8. The number of likely N-dealkylation sites (tertiary alicyclic amines) is 1. The molecule has 1 aromatic carbocycles. The Bertz CT molecular complexity index is 514. The van der Waals surface area contributed by atoms with Crippen LogP contribution >= 0.6 is 24.0 Å². The third-order valence-electron chi connectivity index (χ3n) is 4.75. The van der Waals surface area contributed by atoms with Gasteiger partial charge in [-0.25, -0.2) is 0 Å². The average molecular weight is 373 g/mol. The molecule has 1 atom stereocenters. The lowest BCUT2D eigenvalue weighted by Crippen LogP contribution is -2.43. The first-order valence-electron chi connectivity index (χ1n) is 8.77. The van der Waals surface area contributed by atoms with Gasteiger partial charge < -0.3 is 10.2 Å². The molecule has 1 saturated heterocycles. The second-order valence-electron chi connectivity index (χ2n) is 6.85. The number of piperidine rings is 1. The fourth-order valence-electron chi connectivity index (χ4n) is 3.42. The highest BCUT2D eigenvalue weighted by atomic mass is 35.5. The van der Waals surface area contributed by atoms with Gasteiger partial charge in [0.1, 0.15) is 0 Å². The van der Waals surface area contributed by atoms with Crippen molar-refractivity contribution >= 4 is 29.9 Å². The minimum atomic E-state index is -0.0981. The van der Waals surface area contributed by atoms with Crippen LogP contribution in [0.3, 0.4) is 0 Å². The highest BCUT2D eigenvalue weighted by Crippen LogP contribution is 2.30. The highest BCUT2D eigenvalue weighted by Gasteiger charge is 2.31. The summed E-state index contributed by atoms with van der Waals surface area (Å²) in [6.45, 7) is 10.2. The first-order chi connectivity index (χ1) is 11.0. The first kappa shape index (κ1) is 21.3. The molecule has 136 valence electrons. The number of halogens is 2. The SMILES string of the molecule is CCNCC1CCN(C(=O)C(c2cccc(Cl)c2)C(C)C)CC1.Cl. The number of nitrogens with one attached hydrogen (secondary N) is 1.